The summed E-state index contributed by atoms with van der Waals surface area (Å²) in [5.41, 5.74) is 9.61. The third-order valence-corrected chi connectivity index (χ3v) is 5.55. The molecule has 0 aliphatic carbocycles. The summed E-state index contributed by atoms with van der Waals surface area (Å²) >= 11 is 3.19. The topological polar surface area (TPSA) is 62.8 Å². The van der Waals surface area contributed by atoms with Crippen molar-refractivity contribution in [3.05, 3.63) is 59.5 Å². The molecular formula is C17H15N3S2. The van der Waals surface area contributed by atoms with Crippen LogP contribution in [0, 0.1) is 5.41 Å². The number of nitrogens with one attached hydrogen (secondary N) is 1. The molecule has 22 heavy (non-hydrogen) atoms. The number of nitrogens with zero attached hydrogens (tertiary/aromatic N) is 1. The molecule has 0 bridgehead atoms. The van der Waals surface area contributed by atoms with Crippen LogP contribution in [0.2, 0.25) is 0 Å². The zero-order chi connectivity index (χ0) is 15.5. The highest BCUT2D eigenvalue weighted by molar-refractivity contribution is 8.00. The van der Waals surface area contributed by atoms with Crippen molar-refractivity contribution in [1.82, 2.24) is 4.98 Å². The van der Waals surface area contributed by atoms with Crippen LogP contribution in [0.4, 0.5) is 0 Å². The molecule has 0 saturated carbocycles. The summed E-state index contributed by atoms with van der Waals surface area (Å²) in [6.45, 7) is 0. The van der Waals surface area contributed by atoms with Crippen LogP contribution in [0.1, 0.15) is 4.88 Å². The van der Waals surface area contributed by atoms with E-state index < -0.39 is 0 Å². The lowest BCUT2D eigenvalue weighted by Gasteiger charge is -2.05. The van der Waals surface area contributed by atoms with Gasteiger partial charge in [0.15, 0.2) is 0 Å². The van der Waals surface area contributed by atoms with Gasteiger partial charge in [-0.15, -0.1) is 23.1 Å². The molecule has 0 saturated heterocycles. The number of aromatic nitrogens is 1. The Morgan fingerprint density at radius 2 is 1.82 bits per heavy atom. The van der Waals surface area contributed by atoms with E-state index in [1.807, 2.05) is 48.7 Å². The van der Waals surface area contributed by atoms with Gasteiger partial charge in [0.2, 0.25) is 0 Å². The molecule has 3 N–H and O–H groups in total. The van der Waals surface area contributed by atoms with E-state index in [0.717, 1.165) is 31.6 Å². The van der Waals surface area contributed by atoms with Gasteiger partial charge in [-0.25, -0.2) is 4.98 Å². The summed E-state index contributed by atoms with van der Waals surface area (Å²) in [4.78, 5) is 5.56. The Hall–Kier alpha value is -2.11. The molecule has 0 aliphatic rings. The van der Waals surface area contributed by atoms with Crippen LogP contribution in [-0.2, 0) is 0 Å². The molecule has 3 nitrogen and oxygen atoms in total. The number of thioether (sulfide) groups is 1. The second kappa shape index (κ2) is 6.34. The van der Waals surface area contributed by atoms with Crippen LogP contribution in [0.15, 0.2) is 58.8 Å². The maximum atomic E-state index is 7.62. The number of thiophene rings is 1. The van der Waals surface area contributed by atoms with Gasteiger partial charge >= 0.3 is 0 Å². The molecule has 110 valence electrons. The summed E-state index contributed by atoms with van der Waals surface area (Å²) < 4.78 is 1.13. The molecule has 0 fully saturated rings. The zero-order valence-electron chi connectivity index (χ0n) is 12.0. The molecule has 0 radical (unpaired) electrons. The SMILES string of the molecule is CSc1sc(C(=N)N)cc1-c1cccc(-c2ccccc2)n1. The van der Waals surface area contributed by atoms with Crippen molar-refractivity contribution in [2.24, 2.45) is 5.73 Å². The van der Waals surface area contributed by atoms with Crippen LogP contribution in [0.25, 0.3) is 22.5 Å². The van der Waals surface area contributed by atoms with Crippen molar-refractivity contribution in [2.75, 3.05) is 6.26 Å². The second-order valence-corrected chi connectivity index (χ2v) is 6.83. The molecule has 0 unspecified atom stereocenters. The lowest BCUT2D eigenvalue weighted by atomic mass is 10.1. The number of benzene rings is 1. The molecular weight excluding hydrogens is 310 g/mol. The molecule has 2 aromatic heterocycles. The van der Waals surface area contributed by atoms with Crippen molar-refractivity contribution in [3.63, 3.8) is 0 Å². The smallest absolute Gasteiger partial charge is 0.133 e. The highest BCUT2D eigenvalue weighted by Gasteiger charge is 2.13. The maximum Gasteiger partial charge on any atom is 0.133 e. The van der Waals surface area contributed by atoms with E-state index in [2.05, 4.69) is 12.1 Å². The van der Waals surface area contributed by atoms with Gasteiger partial charge < -0.3 is 5.73 Å². The van der Waals surface area contributed by atoms with Crippen molar-refractivity contribution in [3.8, 4) is 22.5 Å². The Bertz CT molecular complexity index is 810. The fourth-order valence-corrected chi connectivity index (χ4v) is 3.94. The van der Waals surface area contributed by atoms with Gasteiger partial charge in [0, 0.05) is 11.1 Å². The fourth-order valence-electron chi connectivity index (χ4n) is 2.19. The van der Waals surface area contributed by atoms with Gasteiger partial charge in [-0.1, -0.05) is 36.4 Å². The zero-order valence-corrected chi connectivity index (χ0v) is 13.7. The Kier molecular flexibility index (Phi) is 4.27. The average Bonchev–Trinajstić information content (AvgIpc) is 3.00. The monoisotopic (exact) mass is 325 g/mol. The van der Waals surface area contributed by atoms with Crippen LogP contribution in [-0.4, -0.2) is 17.1 Å². The minimum Gasteiger partial charge on any atom is -0.383 e. The van der Waals surface area contributed by atoms with Crippen LogP contribution in [0.5, 0.6) is 0 Å². The maximum absolute atomic E-state index is 7.62. The third-order valence-electron chi connectivity index (χ3n) is 3.24. The number of pyridine rings is 1. The first kappa shape index (κ1) is 14.8. The Morgan fingerprint density at radius 3 is 2.50 bits per heavy atom. The highest BCUT2D eigenvalue weighted by atomic mass is 32.2. The second-order valence-electron chi connectivity index (χ2n) is 4.70. The van der Waals surface area contributed by atoms with Crippen molar-refractivity contribution >= 4 is 28.9 Å². The van der Waals surface area contributed by atoms with E-state index in [-0.39, 0.29) is 5.84 Å². The lowest BCUT2D eigenvalue weighted by molar-refractivity contribution is 1.32. The van der Waals surface area contributed by atoms with Crippen molar-refractivity contribution in [2.45, 2.75) is 4.21 Å². The van der Waals surface area contributed by atoms with Crippen LogP contribution >= 0.6 is 23.1 Å². The Morgan fingerprint density at radius 1 is 1.09 bits per heavy atom. The largest absolute Gasteiger partial charge is 0.383 e. The number of rotatable bonds is 4. The van der Waals surface area contributed by atoms with Crippen LogP contribution in [0.3, 0.4) is 0 Å². The number of nitrogen functional groups attached to an aromatic ring is 1. The van der Waals surface area contributed by atoms with E-state index >= 15 is 0 Å². The van der Waals surface area contributed by atoms with Gasteiger partial charge in [0.1, 0.15) is 5.84 Å². The standard InChI is InChI=1S/C17H15N3S2/c1-21-17-12(10-15(22-17)16(18)19)14-9-5-8-13(20-14)11-6-3-2-4-7-11/h2-10H,1H3,(H3,18,19). The lowest BCUT2D eigenvalue weighted by Crippen LogP contribution is -2.08. The molecule has 0 atom stereocenters. The molecule has 3 rings (SSSR count). The normalized spacial score (nSPS) is 10.6. The summed E-state index contributed by atoms with van der Waals surface area (Å²) in [5.74, 6) is 0.103. The van der Waals surface area contributed by atoms with E-state index in [0.29, 0.717) is 0 Å². The van der Waals surface area contributed by atoms with E-state index in [4.69, 9.17) is 16.1 Å². The predicted octanol–water partition coefficient (Wildman–Crippen LogP) is 4.48. The average molecular weight is 325 g/mol. The first-order valence-corrected chi connectivity index (χ1v) is 8.78. The predicted molar refractivity (Wildman–Crippen MR) is 95.8 cm³/mol. The Balaban J connectivity index is 2.08. The molecule has 1 aromatic carbocycles. The third kappa shape index (κ3) is 2.91. The molecule has 2 heterocycles. The molecule has 0 spiro atoms. The van der Waals surface area contributed by atoms with Gasteiger partial charge in [0.25, 0.3) is 0 Å². The van der Waals surface area contributed by atoms with Gasteiger partial charge in [0.05, 0.1) is 20.5 Å². The molecule has 3 aromatic rings. The highest BCUT2D eigenvalue weighted by Crippen LogP contribution is 2.37. The van der Waals surface area contributed by atoms with E-state index in [9.17, 15) is 0 Å². The number of hydrogen-bond donors (Lipinski definition) is 2. The summed E-state index contributed by atoms with van der Waals surface area (Å²) in [6.07, 6.45) is 2.03. The molecule has 0 amide bonds. The Labute approximate surface area is 137 Å². The van der Waals surface area contributed by atoms with Gasteiger partial charge in [-0.2, -0.15) is 0 Å². The first-order chi connectivity index (χ1) is 10.7. The minimum absolute atomic E-state index is 0.103. The van der Waals surface area contributed by atoms with E-state index in [1.165, 1.54) is 11.3 Å². The minimum atomic E-state index is 0.103. The number of amidine groups is 1. The number of nitrogens with two attached hydrogens (primary N) is 1. The molecule has 5 heteroatoms. The quantitative estimate of drug-likeness (QED) is 0.422. The van der Waals surface area contributed by atoms with Gasteiger partial charge in [-0.3, -0.25) is 5.41 Å². The van der Waals surface area contributed by atoms with Crippen LogP contribution < -0.4 is 5.73 Å². The van der Waals surface area contributed by atoms with Crippen molar-refractivity contribution < 1.29 is 0 Å². The fraction of sp³-hybridized carbons (Fsp3) is 0.0588. The summed E-state index contributed by atoms with van der Waals surface area (Å²) in [7, 11) is 0. The summed E-state index contributed by atoms with van der Waals surface area (Å²) in [6, 6.07) is 18.1. The van der Waals surface area contributed by atoms with Gasteiger partial charge in [-0.05, 0) is 24.5 Å². The number of hydrogen-bond acceptors (Lipinski definition) is 4. The van der Waals surface area contributed by atoms with E-state index in [1.54, 1.807) is 11.8 Å². The van der Waals surface area contributed by atoms with Crippen molar-refractivity contribution in [1.29, 1.82) is 5.41 Å². The first-order valence-electron chi connectivity index (χ1n) is 6.74. The summed E-state index contributed by atoms with van der Waals surface area (Å²) in [5, 5.41) is 7.62. The molecule has 0 aliphatic heterocycles.